The summed E-state index contributed by atoms with van der Waals surface area (Å²) in [7, 11) is 3.59. The van der Waals surface area contributed by atoms with E-state index in [-0.39, 0.29) is 23.1 Å². The number of anilines is 1. The van der Waals surface area contributed by atoms with Gasteiger partial charge in [0.1, 0.15) is 21.8 Å². The summed E-state index contributed by atoms with van der Waals surface area (Å²) in [6.45, 7) is 6.58. The summed E-state index contributed by atoms with van der Waals surface area (Å²) in [5.74, 6) is 0.515. The first kappa shape index (κ1) is 24.7. The molecule has 3 rings (SSSR count). The minimum absolute atomic E-state index is 0.0875. The molecule has 1 fully saturated rings. The van der Waals surface area contributed by atoms with E-state index in [1.807, 2.05) is 55.3 Å². The number of thiocarbonyl (C=S) groups is 1. The Morgan fingerprint density at radius 3 is 2.55 bits per heavy atom. The van der Waals surface area contributed by atoms with Gasteiger partial charge in [0, 0.05) is 26.2 Å². The fraction of sp³-hybridized carbons (Fsp3) is 0.360. The molecule has 0 bridgehead atoms. The van der Waals surface area contributed by atoms with E-state index < -0.39 is 0 Å². The zero-order valence-electron chi connectivity index (χ0n) is 19.6. The van der Waals surface area contributed by atoms with Crippen LogP contribution in [0.5, 0.6) is 0 Å². The maximum Gasteiger partial charge on any atom is 0.270 e. The van der Waals surface area contributed by atoms with Crippen LogP contribution in [0, 0.1) is 18.3 Å². The molecule has 2 aromatic rings. The zero-order chi connectivity index (χ0) is 24.3. The van der Waals surface area contributed by atoms with Gasteiger partial charge < -0.3 is 4.90 Å². The van der Waals surface area contributed by atoms with Crippen molar-refractivity contribution in [2.24, 2.45) is 7.05 Å². The van der Waals surface area contributed by atoms with Crippen LogP contribution < -0.4 is 10.5 Å². The molecule has 1 aliphatic heterocycles. The van der Waals surface area contributed by atoms with E-state index in [2.05, 4.69) is 6.92 Å². The maximum atomic E-state index is 13.4. The summed E-state index contributed by atoms with van der Waals surface area (Å²) in [5, 5.41) is 9.62. The number of benzene rings is 1. The molecular weight excluding hydrogens is 452 g/mol. The molecule has 1 aromatic heterocycles. The number of hydrogen-bond donors (Lipinski definition) is 0. The van der Waals surface area contributed by atoms with Crippen molar-refractivity contribution in [3.8, 4) is 6.07 Å². The summed E-state index contributed by atoms with van der Waals surface area (Å²) in [5.41, 5.74) is 2.01. The summed E-state index contributed by atoms with van der Waals surface area (Å²) < 4.78 is 1.99. The van der Waals surface area contributed by atoms with Crippen molar-refractivity contribution < 1.29 is 4.79 Å². The molecule has 1 atom stereocenters. The molecule has 2 heterocycles. The van der Waals surface area contributed by atoms with Gasteiger partial charge in [-0.05, 0) is 37.5 Å². The molecule has 1 aliphatic rings. The lowest BCUT2D eigenvalue weighted by atomic mass is 10.0. The van der Waals surface area contributed by atoms with Crippen LogP contribution >= 0.6 is 24.0 Å². The molecule has 6 nitrogen and oxygen atoms in total. The van der Waals surface area contributed by atoms with Crippen LogP contribution in [-0.4, -0.2) is 33.3 Å². The van der Waals surface area contributed by atoms with Gasteiger partial charge in [0.05, 0.1) is 10.9 Å². The Bertz CT molecular complexity index is 1210. The summed E-state index contributed by atoms with van der Waals surface area (Å²) >= 11 is 6.82. The van der Waals surface area contributed by atoms with Gasteiger partial charge in [-0.25, -0.2) is 0 Å². The Labute approximate surface area is 204 Å². The maximum absolute atomic E-state index is 13.4. The molecular formula is C25H28N4O2S2. The van der Waals surface area contributed by atoms with E-state index in [1.165, 1.54) is 16.3 Å². The Morgan fingerprint density at radius 1 is 1.27 bits per heavy atom. The number of pyridine rings is 1. The van der Waals surface area contributed by atoms with Crippen LogP contribution in [-0.2, 0) is 11.8 Å². The van der Waals surface area contributed by atoms with Crippen LogP contribution in [0.25, 0.3) is 6.08 Å². The first-order valence-corrected chi connectivity index (χ1v) is 12.1. The summed E-state index contributed by atoms with van der Waals surface area (Å²) in [6, 6.07) is 11.6. The third-order valence-electron chi connectivity index (χ3n) is 5.94. The van der Waals surface area contributed by atoms with E-state index in [4.69, 9.17) is 12.2 Å². The number of aromatic nitrogens is 1. The highest BCUT2D eigenvalue weighted by molar-refractivity contribution is 8.26. The number of thioether (sulfide) groups is 1. The van der Waals surface area contributed by atoms with Crippen molar-refractivity contribution >= 4 is 46.1 Å². The predicted octanol–water partition coefficient (Wildman–Crippen LogP) is 4.76. The minimum atomic E-state index is -0.337. The first-order chi connectivity index (χ1) is 15.7. The quantitative estimate of drug-likeness (QED) is 0.420. The second-order valence-corrected chi connectivity index (χ2v) is 9.80. The number of nitrogens with zero attached hydrogens (tertiary/aromatic N) is 4. The van der Waals surface area contributed by atoms with Crippen molar-refractivity contribution in [3.63, 3.8) is 0 Å². The van der Waals surface area contributed by atoms with Crippen LogP contribution in [0.15, 0.2) is 40.0 Å². The lowest BCUT2D eigenvalue weighted by Crippen LogP contribution is -2.32. The predicted molar refractivity (Wildman–Crippen MR) is 139 cm³/mol. The van der Waals surface area contributed by atoms with E-state index in [0.717, 1.165) is 24.9 Å². The largest absolute Gasteiger partial charge is 0.360 e. The van der Waals surface area contributed by atoms with Gasteiger partial charge in [-0.3, -0.25) is 19.1 Å². The van der Waals surface area contributed by atoms with Gasteiger partial charge >= 0.3 is 0 Å². The standard InChI is InChI=1S/C25H28N4O2S2/c1-6-7-13-27(4)22-19(16(2)20(15-26)23(30)28(22)5)14-21-24(31)29(25(32)33-21)17(3)18-11-9-8-10-12-18/h8-12,14,17H,6-7,13H2,1-5H3/b21-14-. The SMILES string of the molecule is CCCCN(C)c1c(/C=C2\SC(=S)N(C(C)c3ccccc3)C2=O)c(C)c(C#N)c(=O)n1C. The molecule has 0 radical (unpaired) electrons. The number of carbonyl (C=O) groups is 1. The van der Waals surface area contributed by atoms with Crippen molar-refractivity contribution in [2.45, 2.75) is 39.7 Å². The van der Waals surface area contributed by atoms with E-state index in [9.17, 15) is 14.9 Å². The fourth-order valence-electron chi connectivity index (χ4n) is 4.00. The molecule has 1 saturated heterocycles. The summed E-state index contributed by atoms with van der Waals surface area (Å²) in [4.78, 5) is 30.3. The molecule has 33 heavy (non-hydrogen) atoms. The van der Waals surface area contributed by atoms with Crippen LogP contribution in [0.2, 0.25) is 0 Å². The van der Waals surface area contributed by atoms with Gasteiger partial charge in [-0.15, -0.1) is 0 Å². The lowest BCUT2D eigenvalue weighted by molar-refractivity contribution is -0.123. The molecule has 8 heteroatoms. The van der Waals surface area contributed by atoms with Crippen molar-refractivity contribution in [2.75, 3.05) is 18.5 Å². The molecule has 0 N–H and O–H groups in total. The lowest BCUT2D eigenvalue weighted by Gasteiger charge is -2.26. The molecule has 1 unspecified atom stereocenters. The Balaban J connectivity index is 2.11. The van der Waals surface area contributed by atoms with Crippen LogP contribution in [0.4, 0.5) is 5.82 Å². The smallest absolute Gasteiger partial charge is 0.270 e. The third kappa shape index (κ3) is 4.75. The van der Waals surface area contributed by atoms with Gasteiger partial charge in [-0.2, -0.15) is 5.26 Å². The molecule has 0 spiro atoms. The number of amides is 1. The molecule has 0 saturated carbocycles. The normalized spacial score (nSPS) is 15.8. The Kier molecular flexibility index (Phi) is 7.77. The van der Waals surface area contributed by atoms with Gasteiger partial charge in [-0.1, -0.05) is 67.7 Å². The number of nitriles is 1. The minimum Gasteiger partial charge on any atom is -0.360 e. The van der Waals surface area contributed by atoms with Crippen molar-refractivity contribution in [3.05, 3.63) is 67.8 Å². The van der Waals surface area contributed by atoms with Gasteiger partial charge in [0.2, 0.25) is 0 Å². The second-order valence-electron chi connectivity index (χ2n) is 8.13. The highest BCUT2D eigenvalue weighted by Crippen LogP contribution is 2.39. The van der Waals surface area contributed by atoms with Gasteiger partial charge in [0.15, 0.2) is 0 Å². The fourth-order valence-corrected chi connectivity index (χ4v) is 5.40. The van der Waals surface area contributed by atoms with Crippen molar-refractivity contribution in [1.29, 1.82) is 5.26 Å². The van der Waals surface area contributed by atoms with E-state index in [0.29, 0.717) is 26.2 Å². The number of hydrogen-bond acceptors (Lipinski definition) is 6. The third-order valence-corrected chi connectivity index (χ3v) is 7.28. The highest BCUT2D eigenvalue weighted by Gasteiger charge is 2.36. The molecule has 0 aliphatic carbocycles. The monoisotopic (exact) mass is 480 g/mol. The Hall–Kier alpha value is -2.89. The average molecular weight is 481 g/mol. The number of unbranched alkanes of at least 4 members (excludes halogenated alkanes) is 1. The first-order valence-electron chi connectivity index (χ1n) is 10.9. The molecule has 1 amide bonds. The second kappa shape index (κ2) is 10.4. The van der Waals surface area contributed by atoms with Crippen LogP contribution in [0.1, 0.15) is 55.0 Å². The highest BCUT2D eigenvalue weighted by atomic mass is 32.2. The topological polar surface area (TPSA) is 69.3 Å². The van der Waals surface area contributed by atoms with Crippen LogP contribution in [0.3, 0.4) is 0 Å². The number of rotatable bonds is 7. The van der Waals surface area contributed by atoms with E-state index >= 15 is 0 Å². The number of carbonyl (C=O) groups excluding carboxylic acids is 1. The molecule has 1 aromatic carbocycles. The van der Waals surface area contributed by atoms with Gasteiger partial charge in [0.25, 0.3) is 11.5 Å². The summed E-state index contributed by atoms with van der Waals surface area (Å²) in [6.07, 6.45) is 3.75. The Morgan fingerprint density at radius 2 is 1.94 bits per heavy atom. The van der Waals surface area contributed by atoms with Crippen molar-refractivity contribution in [1.82, 2.24) is 9.47 Å². The molecule has 172 valence electrons. The van der Waals surface area contributed by atoms with E-state index in [1.54, 1.807) is 24.9 Å². The zero-order valence-corrected chi connectivity index (χ0v) is 21.2. The average Bonchev–Trinajstić information content (AvgIpc) is 3.09.